The molecule has 0 bridgehead atoms. The minimum atomic E-state index is -0.748. The molecule has 20 heavy (non-hydrogen) atoms. The van der Waals surface area contributed by atoms with E-state index in [1.54, 1.807) is 7.11 Å². The fourth-order valence-electron chi connectivity index (χ4n) is 2.83. The largest absolute Gasteiger partial charge is 0.495 e. The summed E-state index contributed by atoms with van der Waals surface area (Å²) >= 11 is 6.19. The van der Waals surface area contributed by atoms with Gasteiger partial charge in [-0.1, -0.05) is 24.1 Å². The number of likely N-dealkylation sites (tertiary alicyclic amines) is 1. The number of hydrogen-bond donors (Lipinski definition) is 1. The van der Waals surface area contributed by atoms with Crippen LogP contribution >= 0.6 is 11.6 Å². The predicted octanol–water partition coefficient (Wildman–Crippen LogP) is 3.10. The number of carboxylic acids is 1. The van der Waals surface area contributed by atoms with Gasteiger partial charge in [-0.3, -0.25) is 9.69 Å². The highest BCUT2D eigenvalue weighted by Gasteiger charge is 2.29. The van der Waals surface area contributed by atoms with Gasteiger partial charge in [0.1, 0.15) is 11.8 Å². The number of carbonyl (C=O) groups is 1. The summed E-state index contributed by atoms with van der Waals surface area (Å²) in [4.78, 5) is 13.3. The topological polar surface area (TPSA) is 49.8 Å². The Labute approximate surface area is 124 Å². The molecule has 0 radical (unpaired) electrons. The maximum atomic E-state index is 11.3. The summed E-state index contributed by atoms with van der Waals surface area (Å²) in [5, 5.41) is 9.90. The van der Waals surface area contributed by atoms with Crippen LogP contribution in [0.3, 0.4) is 0 Å². The van der Waals surface area contributed by atoms with Gasteiger partial charge in [-0.05, 0) is 37.9 Å². The van der Waals surface area contributed by atoms with Crippen molar-refractivity contribution in [2.75, 3.05) is 13.7 Å². The third-order valence-corrected chi connectivity index (χ3v) is 4.02. The molecule has 2 rings (SSSR count). The second-order valence-electron chi connectivity index (χ2n) is 5.26. The molecule has 1 atom stereocenters. The molecule has 0 aromatic heterocycles. The molecule has 1 aliphatic rings. The van der Waals surface area contributed by atoms with Crippen molar-refractivity contribution in [3.8, 4) is 5.75 Å². The Balaban J connectivity index is 2.26. The molecule has 1 fully saturated rings. The van der Waals surface area contributed by atoms with Crippen LogP contribution < -0.4 is 4.74 Å². The number of benzene rings is 1. The van der Waals surface area contributed by atoms with Crippen LogP contribution in [0.15, 0.2) is 12.1 Å². The van der Waals surface area contributed by atoms with Crippen molar-refractivity contribution in [2.24, 2.45) is 0 Å². The maximum Gasteiger partial charge on any atom is 0.320 e. The Hall–Kier alpha value is -1.26. The van der Waals surface area contributed by atoms with Gasteiger partial charge in [0.05, 0.1) is 12.1 Å². The standard InChI is InChI=1S/C15H20ClNO3/c1-10-7-11(14(20-2)12(16)8-10)9-17-6-4-3-5-13(17)15(18)19/h7-8,13H,3-6,9H2,1-2H3,(H,18,19). The Kier molecular flexibility index (Phi) is 4.89. The maximum absolute atomic E-state index is 11.3. The Morgan fingerprint density at radius 2 is 2.25 bits per heavy atom. The van der Waals surface area contributed by atoms with Crippen molar-refractivity contribution in [1.82, 2.24) is 4.90 Å². The summed E-state index contributed by atoms with van der Waals surface area (Å²) in [6.45, 7) is 3.33. The van der Waals surface area contributed by atoms with E-state index in [9.17, 15) is 9.90 Å². The van der Waals surface area contributed by atoms with E-state index in [0.29, 0.717) is 23.7 Å². The highest BCUT2D eigenvalue weighted by Crippen LogP contribution is 2.32. The van der Waals surface area contributed by atoms with E-state index in [0.717, 1.165) is 30.5 Å². The van der Waals surface area contributed by atoms with Gasteiger partial charge in [0.25, 0.3) is 0 Å². The summed E-state index contributed by atoms with van der Waals surface area (Å²) in [5.41, 5.74) is 2.00. The first-order valence-electron chi connectivity index (χ1n) is 6.82. The second-order valence-corrected chi connectivity index (χ2v) is 5.67. The number of hydrogen-bond acceptors (Lipinski definition) is 3. The molecule has 1 heterocycles. The van der Waals surface area contributed by atoms with Crippen molar-refractivity contribution in [2.45, 2.75) is 38.8 Å². The molecule has 1 N–H and O–H groups in total. The van der Waals surface area contributed by atoms with Crippen LogP contribution in [-0.2, 0) is 11.3 Å². The third-order valence-electron chi connectivity index (χ3n) is 3.74. The van der Waals surface area contributed by atoms with Crippen LogP contribution in [0.25, 0.3) is 0 Å². The smallest absolute Gasteiger partial charge is 0.320 e. The predicted molar refractivity (Wildman–Crippen MR) is 78.4 cm³/mol. The van der Waals surface area contributed by atoms with E-state index < -0.39 is 12.0 Å². The first kappa shape index (κ1) is 15.1. The number of piperidine rings is 1. The zero-order valence-electron chi connectivity index (χ0n) is 11.9. The van der Waals surface area contributed by atoms with Gasteiger partial charge in [0.2, 0.25) is 0 Å². The minimum Gasteiger partial charge on any atom is -0.495 e. The molecule has 5 heteroatoms. The summed E-state index contributed by atoms with van der Waals surface area (Å²) in [7, 11) is 1.59. The molecule has 4 nitrogen and oxygen atoms in total. The van der Waals surface area contributed by atoms with E-state index >= 15 is 0 Å². The van der Waals surface area contributed by atoms with Crippen molar-refractivity contribution in [1.29, 1.82) is 0 Å². The number of carboxylic acid groups (broad SMARTS) is 1. The van der Waals surface area contributed by atoms with Gasteiger partial charge in [-0.25, -0.2) is 0 Å². The zero-order valence-corrected chi connectivity index (χ0v) is 12.6. The quantitative estimate of drug-likeness (QED) is 0.928. The fourth-order valence-corrected chi connectivity index (χ4v) is 3.20. The van der Waals surface area contributed by atoms with Gasteiger partial charge >= 0.3 is 5.97 Å². The van der Waals surface area contributed by atoms with Crippen LogP contribution in [0.2, 0.25) is 5.02 Å². The number of ether oxygens (including phenoxy) is 1. The first-order chi connectivity index (χ1) is 9.52. The third kappa shape index (κ3) is 3.25. The average molecular weight is 298 g/mol. The molecule has 1 aliphatic heterocycles. The van der Waals surface area contributed by atoms with E-state index in [1.165, 1.54) is 0 Å². The highest BCUT2D eigenvalue weighted by atomic mass is 35.5. The van der Waals surface area contributed by atoms with Gasteiger partial charge in [0.15, 0.2) is 0 Å². The van der Waals surface area contributed by atoms with Crippen LogP contribution in [0, 0.1) is 6.92 Å². The number of rotatable bonds is 4. The lowest BCUT2D eigenvalue weighted by atomic mass is 10.0. The average Bonchev–Trinajstić information content (AvgIpc) is 2.38. The number of halogens is 1. The summed E-state index contributed by atoms with van der Waals surface area (Å²) in [5.74, 6) is -0.102. The SMILES string of the molecule is COc1c(Cl)cc(C)cc1CN1CCCCC1C(=O)O. The highest BCUT2D eigenvalue weighted by molar-refractivity contribution is 6.32. The minimum absolute atomic E-state index is 0.409. The van der Waals surface area contributed by atoms with E-state index in [2.05, 4.69) is 0 Å². The van der Waals surface area contributed by atoms with Crippen LogP contribution in [-0.4, -0.2) is 35.7 Å². The lowest BCUT2D eigenvalue weighted by molar-refractivity contribution is -0.144. The van der Waals surface area contributed by atoms with E-state index in [-0.39, 0.29) is 0 Å². The molecule has 1 aromatic carbocycles. The lowest BCUT2D eigenvalue weighted by Gasteiger charge is -2.33. The molecule has 1 unspecified atom stereocenters. The van der Waals surface area contributed by atoms with Crippen LogP contribution in [0.1, 0.15) is 30.4 Å². The number of aryl methyl sites for hydroxylation is 1. The van der Waals surface area contributed by atoms with Crippen LogP contribution in [0.4, 0.5) is 0 Å². The Morgan fingerprint density at radius 1 is 1.50 bits per heavy atom. The summed E-state index contributed by atoms with van der Waals surface area (Å²) < 4.78 is 5.36. The van der Waals surface area contributed by atoms with E-state index in [4.69, 9.17) is 16.3 Å². The zero-order chi connectivity index (χ0) is 14.7. The molecule has 110 valence electrons. The van der Waals surface area contributed by atoms with Crippen molar-refractivity contribution < 1.29 is 14.6 Å². The fraction of sp³-hybridized carbons (Fsp3) is 0.533. The molecular weight excluding hydrogens is 278 g/mol. The monoisotopic (exact) mass is 297 g/mol. The summed E-state index contributed by atoms with van der Waals surface area (Å²) in [6, 6.07) is 3.46. The lowest BCUT2D eigenvalue weighted by Crippen LogP contribution is -2.44. The molecule has 1 saturated heterocycles. The molecule has 0 amide bonds. The van der Waals surface area contributed by atoms with Crippen molar-refractivity contribution in [3.63, 3.8) is 0 Å². The van der Waals surface area contributed by atoms with Crippen molar-refractivity contribution >= 4 is 17.6 Å². The van der Waals surface area contributed by atoms with Gasteiger partial charge < -0.3 is 9.84 Å². The second kappa shape index (κ2) is 6.46. The molecule has 0 spiro atoms. The van der Waals surface area contributed by atoms with E-state index in [1.807, 2.05) is 24.0 Å². The molecule has 0 aliphatic carbocycles. The first-order valence-corrected chi connectivity index (χ1v) is 7.20. The Bertz CT molecular complexity index is 504. The van der Waals surface area contributed by atoms with Crippen molar-refractivity contribution in [3.05, 3.63) is 28.3 Å². The summed E-state index contributed by atoms with van der Waals surface area (Å²) in [6.07, 6.45) is 2.71. The number of methoxy groups -OCH3 is 1. The molecule has 0 saturated carbocycles. The molecule has 1 aromatic rings. The molecular formula is C15H20ClNO3. The van der Waals surface area contributed by atoms with Gasteiger partial charge in [-0.2, -0.15) is 0 Å². The Morgan fingerprint density at radius 3 is 2.90 bits per heavy atom. The number of nitrogens with zero attached hydrogens (tertiary/aromatic N) is 1. The number of aliphatic carboxylic acids is 1. The van der Waals surface area contributed by atoms with Gasteiger partial charge in [-0.15, -0.1) is 0 Å². The van der Waals surface area contributed by atoms with Gasteiger partial charge in [0, 0.05) is 12.1 Å². The normalized spacial score (nSPS) is 19.9. The van der Waals surface area contributed by atoms with Crippen LogP contribution in [0.5, 0.6) is 5.75 Å².